The number of carbonyl (C=O) groups is 3. The summed E-state index contributed by atoms with van der Waals surface area (Å²) < 4.78 is 14.2. The van der Waals surface area contributed by atoms with Gasteiger partial charge in [0.2, 0.25) is 0 Å². The number of esters is 2. The Morgan fingerprint density at radius 2 is 1.53 bits per heavy atom. The highest BCUT2D eigenvalue weighted by Crippen LogP contribution is 2.25. The molecule has 7 nitrogen and oxygen atoms in total. The molecule has 0 fully saturated rings. The van der Waals surface area contributed by atoms with Gasteiger partial charge in [-0.05, 0) is 12.1 Å². The maximum atomic E-state index is 11.6. The van der Waals surface area contributed by atoms with Gasteiger partial charge in [-0.3, -0.25) is 4.79 Å². The summed E-state index contributed by atoms with van der Waals surface area (Å²) in [5, 5.41) is 0. The zero-order valence-electron chi connectivity index (χ0n) is 10.5. The molecule has 102 valence electrons. The van der Waals surface area contributed by atoms with Crippen LogP contribution in [0.5, 0.6) is 5.75 Å². The van der Waals surface area contributed by atoms with Crippen LogP contribution in [-0.4, -0.2) is 38.7 Å². The van der Waals surface area contributed by atoms with E-state index in [2.05, 4.69) is 9.47 Å². The molecule has 2 N–H and O–H groups in total. The van der Waals surface area contributed by atoms with Gasteiger partial charge >= 0.3 is 11.9 Å². The van der Waals surface area contributed by atoms with E-state index in [0.29, 0.717) is 0 Å². The summed E-state index contributed by atoms with van der Waals surface area (Å²) in [7, 11) is 2.37. The number of benzene rings is 1. The Labute approximate surface area is 109 Å². The van der Waals surface area contributed by atoms with E-state index < -0.39 is 24.5 Å². The maximum absolute atomic E-state index is 11.6. The van der Waals surface area contributed by atoms with Crippen molar-refractivity contribution in [3.05, 3.63) is 29.3 Å². The van der Waals surface area contributed by atoms with E-state index in [9.17, 15) is 14.4 Å². The number of para-hydroxylation sites is 1. The van der Waals surface area contributed by atoms with Crippen LogP contribution in [0.25, 0.3) is 0 Å². The van der Waals surface area contributed by atoms with Crippen LogP contribution < -0.4 is 10.5 Å². The molecule has 19 heavy (non-hydrogen) atoms. The van der Waals surface area contributed by atoms with Crippen molar-refractivity contribution in [3.8, 4) is 5.75 Å². The minimum Gasteiger partial charge on any atom is -0.482 e. The fourth-order valence-corrected chi connectivity index (χ4v) is 1.38. The Morgan fingerprint density at radius 1 is 1.05 bits per heavy atom. The third-order valence-electron chi connectivity index (χ3n) is 2.18. The van der Waals surface area contributed by atoms with Gasteiger partial charge in [0, 0.05) is 0 Å². The van der Waals surface area contributed by atoms with Crippen molar-refractivity contribution in [1.82, 2.24) is 0 Å². The van der Waals surface area contributed by atoms with Gasteiger partial charge in [0.1, 0.15) is 16.9 Å². The molecule has 1 rings (SSSR count). The van der Waals surface area contributed by atoms with Crippen LogP contribution >= 0.6 is 0 Å². The number of amides is 1. The molecular weight excluding hydrogens is 254 g/mol. The van der Waals surface area contributed by atoms with E-state index in [1.54, 1.807) is 0 Å². The molecule has 0 atom stereocenters. The lowest BCUT2D eigenvalue weighted by molar-refractivity contribution is -0.120. The second-order valence-electron chi connectivity index (χ2n) is 3.42. The molecule has 0 radical (unpaired) electrons. The van der Waals surface area contributed by atoms with Crippen LogP contribution in [0.4, 0.5) is 0 Å². The van der Waals surface area contributed by atoms with Gasteiger partial charge in [0.25, 0.3) is 5.91 Å². The number of hydrogen-bond donors (Lipinski definition) is 1. The molecular formula is C12H13NO6. The predicted octanol–water partition coefficient (Wildman–Crippen LogP) is 0.124. The van der Waals surface area contributed by atoms with E-state index in [-0.39, 0.29) is 16.9 Å². The third kappa shape index (κ3) is 3.44. The number of primary amides is 1. The average Bonchev–Trinajstić information content (AvgIpc) is 2.42. The summed E-state index contributed by atoms with van der Waals surface area (Å²) in [5.74, 6) is -2.24. The first-order valence-electron chi connectivity index (χ1n) is 5.22. The molecule has 0 aromatic heterocycles. The minimum absolute atomic E-state index is 0.00616. The van der Waals surface area contributed by atoms with Crippen LogP contribution in [0, 0.1) is 0 Å². The molecule has 0 spiro atoms. The summed E-state index contributed by atoms with van der Waals surface area (Å²) in [4.78, 5) is 33.9. The molecule has 0 aliphatic rings. The maximum Gasteiger partial charge on any atom is 0.341 e. The summed E-state index contributed by atoms with van der Waals surface area (Å²) in [6.45, 7) is -0.474. The van der Waals surface area contributed by atoms with Crippen molar-refractivity contribution >= 4 is 17.8 Å². The van der Waals surface area contributed by atoms with Crippen LogP contribution in [0.3, 0.4) is 0 Å². The number of nitrogens with two attached hydrogens (primary N) is 1. The lowest BCUT2D eigenvalue weighted by Crippen LogP contribution is -2.22. The second-order valence-corrected chi connectivity index (χ2v) is 3.42. The zero-order chi connectivity index (χ0) is 14.4. The summed E-state index contributed by atoms with van der Waals surface area (Å²) in [6, 6.07) is 4.26. The van der Waals surface area contributed by atoms with E-state index in [4.69, 9.17) is 10.5 Å². The van der Waals surface area contributed by atoms with E-state index in [0.717, 1.165) is 0 Å². The van der Waals surface area contributed by atoms with Gasteiger partial charge < -0.3 is 19.9 Å². The van der Waals surface area contributed by atoms with Gasteiger partial charge in [-0.15, -0.1) is 0 Å². The number of methoxy groups -OCH3 is 2. The SMILES string of the molecule is COC(=O)c1cccc(C(=O)OC)c1OCC(N)=O. The van der Waals surface area contributed by atoms with Crippen LogP contribution in [-0.2, 0) is 14.3 Å². The van der Waals surface area contributed by atoms with E-state index >= 15 is 0 Å². The molecule has 0 bridgehead atoms. The van der Waals surface area contributed by atoms with Crippen molar-refractivity contribution in [1.29, 1.82) is 0 Å². The van der Waals surface area contributed by atoms with Gasteiger partial charge in [-0.2, -0.15) is 0 Å². The Bertz CT molecular complexity index is 477. The Hall–Kier alpha value is -2.57. The molecule has 1 amide bonds. The van der Waals surface area contributed by atoms with Gasteiger partial charge in [0.05, 0.1) is 14.2 Å². The fraction of sp³-hybridized carbons (Fsp3) is 0.250. The highest BCUT2D eigenvalue weighted by atomic mass is 16.5. The zero-order valence-corrected chi connectivity index (χ0v) is 10.5. The minimum atomic E-state index is -0.740. The molecule has 0 aliphatic carbocycles. The first-order chi connectivity index (χ1) is 9.01. The first-order valence-corrected chi connectivity index (χ1v) is 5.22. The third-order valence-corrected chi connectivity index (χ3v) is 2.18. The van der Waals surface area contributed by atoms with Gasteiger partial charge in [-0.25, -0.2) is 9.59 Å². The normalized spacial score (nSPS) is 9.58. The molecule has 7 heteroatoms. The number of ether oxygens (including phenoxy) is 3. The van der Waals surface area contributed by atoms with E-state index in [1.807, 2.05) is 0 Å². The smallest absolute Gasteiger partial charge is 0.341 e. The van der Waals surface area contributed by atoms with Crippen LogP contribution in [0.1, 0.15) is 20.7 Å². The van der Waals surface area contributed by atoms with Crippen molar-refractivity contribution in [2.24, 2.45) is 5.73 Å². The molecule has 0 heterocycles. The molecule has 1 aromatic rings. The van der Waals surface area contributed by atoms with Crippen molar-refractivity contribution < 1.29 is 28.6 Å². The largest absolute Gasteiger partial charge is 0.482 e. The lowest BCUT2D eigenvalue weighted by Gasteiger charge is -2.12. The van der Waals surface area contributed by atoms with Gasteiger partial charge in [0.15, 0.2) is 6.61 Å². The summed E-state index contributed by atoms with van der Waals surface area (Å²) in [6.07, 6.45) is 0. The highest BCUT2D eigenvalue weighted by Gasteiger charge is 2.21. The summed E-state index contributed by atoms with van der Waals surface area (Å²) in [5.41, 5.74) is 4.97. The second kappa shape index (κ2) is 6.39. The van der Waals surface area contributed by atoms with Gasteiger partial charge in [-0.1, -0.05) is 6.07 Å². The fourth-order valence-electron chi connectivity index (χ4n) is 1.38. The Morgan fingerprint density at radius 3 is 1.89 bits per heavy atom. The number of hydrogen-bond acceptors (Lipinski definition) is 6. The topological polar surface area (TPSA) is 105 Å². The highest BCUT2D eigenvalue weighted by molar-refractivity contribution is 6.00. The van der Waals surface area contributed by atoms with Crippen LogP contribution in [0.2, 0.25) is 0 Å². The molecule has 1 aromatic carbocycles. The Kier molecular flexibility index (Phi) is 4.87. The van der Waals surface area contributed by atoms with Crippen molar-refractivity contribution in [2.45, 2.75) is 0 Å². The molecule has 0 unspecified atom stereocenters. The summed E-state index contributed by atoms with van der Waals surface area (Å²) >= 11 is 0. The number of carbonyl (C=O) groups excluding carboxylic acids is 3. The Balaban J connectivity index is 3.27. The molecule has 0 aliphatic heterocycles. The quantitative estimate of drug-likeness (QED) is 0.760. The monoisotopic (exact) mass is 267 g/mol. The van der Waals surface area contributed by atoms with Crippen molar-refractivity contribution in [3.63, 3.8) is 0 Å². The average molecular weight is 267 g/mol. The van der Waals surface area contributed by atoms with Crippen LogP contribution in [0.15, 0.2) is 18.2 Å². The molecule has 0 saturated carbocycles. The predicted molar refractivity (Wildman–Crippen MR) is 63.8 cm³/mol. The first kappa shape index (κ1) is 14.5. The standard InChI is InChI=1S/C12H13NO6/c1-17-11(15)7-4-3-5-8(12(16)18-2)10(7)19-6-9(13)14/h3-5H,6H2,1-2H3,(H2,13,14). The number of rotatable bonds is 5. The lowest BCUT2D eigenvalue weighted by atomic mass is 10.1. The van der Waals surface area contributed by atoms with E-state index in [1.165, 1.54) is 32.4 Å². The molecule has 0 saturated heterocycles. The van der Waals surface area contributed by atoms with Crippen molar-refractivity contribution in [2.75, 3.05) is 20.8 Å².